The van der Waals surface area contributed by atoms with Gasteiger partial charge in [0.1, 0.15) is 0 Å². The maximum atomic E-state index is 7.49. The number of aryl methyl sites for hydroxylation is 2. The molecule has 0 amide bonds. The Balaban J connectivity index is 2.38. The van der Waals surface area contributed by atoms with Crippen molar-refractivity contribution >= 4 is 13.2 Å². The van der Waals surface area contributed by atoms with Crippen LogP contribution < -0.4 is 9.83 Å². The standard InChI is InChI=1S/C52H91O3P/c1-12-15-18-20-22-23-24-25-27-29-31-40-53-56(50-43-45(5)37-39-48(50)52(9,10)11,55-49-42-44(4)36-38-47(49)51(6,7)8)54-41-32-35-46(33-17-14-3)34-30-28-26-21-19-16-13-2/h33,36-39,42-43,56H,12-32,34-35,40-41H2,1-11H3. The minimum absolute atomic E-state index is 0.0897. The second kappa shape index (κ2) is 27.9. The molecule has 0 aliphatic rings. The minimum atomic E-state index is -3.49. The van der Waals surface area contributed by atoms with Gasteiger partial charge in [-0.25, -0.2) is 0 Å². The van der Waals surface area contributed by atoms with Gasteiger partial charge in [0, 0.05) is 0 Å². The fourth-order valence-electron chi connectivity index (χ4n) is 7.82. The topological polar surface area (TPSA) is 27.7 Å². The Morgan fingerprint density at radius 2 is 0.964 bits per heavy atom. The van der Waals surface area contributed by atoms with Crippen molar-refractivity contribution in [2.24, 2.45) is 0 Å². The normalized spacial score (nSPS) is 13.1. The summed E-state index contributed by atoms with van der Waals surface area (Å²) < 4.78 is 22.1. The van der Waals surface area contributed by atoms with E-state index in [2.05, 4.69) is 119 Å². The Labute approximate surface area is 349 Å². The van der Waals surface area contributed by atoms with Crippen molar-refractivity contribution in [2.75, 3.05) is 13.2 Å². The van der Waals surface area contributed by atoms with Crippen LogP contribution in [0.3, 0.4) is 0 Å². The van der Waals surface area contributed by atoms with E-state index in [1.807, 2.05) is 0 Å². The third kappa shape index (κ3) is 19.9. The van der Waals surface area contributed by atoms with E-state index in [0.717, 1.165) is 36.7 Å². The van der Waals surface area contributed by atoms with Gasteiger partial charge in [-0.1, -0.05) is 26.7 Å². The summed E-state index contributed by atoms with van der Waals surface area (Å²) in [5.41, 5.74) is 6.30. The molecule has 56 heavy (non-hydrogen) atoms. The predicted octanol–water partition coefficient (Wildman–Crippen LogP) is 17.1. The molecule has 0 heterocycles. The number of allylic oxidation sites excluding steroid dienone is 2. The summed E-state index contributed by atoms with van der Waals surface area (Å²) >= 11 is 0. The molecule has 0 atom stereocenters. The van der Waals surface area contributed by atoms with Crippen molar-refractivity contribution in [2.45, 2.75) is 235 Å². The molecule has 2 aromatic carbocycles. The first-order valence-electron chi connectivity index (χ1n) is 23.6. The predicted molar refractivity (Wildman–Crippen MR) is 252 cm³/mol. The van der Waals surface area contributed by atoms with Crippen molar-refractivity contribution < 1.29 is 13.6 Å². The summed E-state index contributed by atoms with van der Waals surface area (Å²) in [5, 5.41) is 1.14. The Kier molecular flexibility index (Phi) is 25.2. The van der Waals surface area contributed by atoms with Crippen LogP contribution in [0.2, 0.25) is 0 Å². The van der Waals surface area contributed by atoms with Crippen molar-refractivity contribution in [1.82, 2.24) is 0 Å². The fourth-order valence-corrected chi connectivity index (χ4v) is 10.9. The molecule has 0 saturated carbocycles. The summed E-state index contributed by atoms with van der Waals surface area (Å²) in [7, 11) is -3.49. The number of hydrogen-bond acceptors (Lipinski definition) is 3. The Morgan fingerprint density at radius 1 is 0.518 bits per heavy atom. The fraction of sp³-hybridized carbons (Fsp3) is 0.731. The molecular weight excluding hydrogens is 704 g/mol. The zero-order valence-electron chi connectivity index (χ0n) is 38.9. The molecule has 0 unspecified atom stereocenters. The van der Waals surface area contributed by atoms with Crippen molar-refractivity contribution in [3.05, 3.63) is 70.3 Å². The first kappa shape index (κ1) is 50.5. The van der Waals surface area contributed by atoms with E-state index < -0.39 is 7.94 Å². The van der Waals surface area contributed by atoms with Gasteiger partial charge in [-0.15, -0.1) is 0 Å². The molecule has 0 spiro atoms. The molecule has 0 bridgehead atoms. The van der Waals surface area contributed by atoms with Gasteiger partial charge in [-0.05, 0) is 0 Å². The van der Waals surface area contributed by atoms with Gasteiger partial charge in [-0.2, -0.15) is 0 Å². The third-order valence-corrected chi connectivity index (χ3v) is 14.0. The third-order valence-electron chi connectivity index (χ3n) is 11.3. The van der Waals surface area contributed by atoms with Crippen LogP contribution in [0.4, 0.5) is 0 Å². The van der Waals surface area contributed by atoms with Crippen LogP contribution in [0.1, 0.15) is 232 Å². The van der Waals surface area contributed by atoms with E-state index in [0.29, 0.717) is 13.2 Å². The summed E-state index contributed by atoms with van der Waals surface area (Å²) in [6.07, 6.45) is 32.1. The number of unbranched alkanes of at least 4 members (excludes halogenated alkanes) is 17. The van der Waals surface area contributed by atoms with Gasteiger partial charge in [0.05, 0.1) is 0 Å². The molecule has 0 radical (unpaired) electrons. The van der Waals surface area contributed by atoms with E-state index >= 15 is 0 Å². The van der Waals surface area contributed by atoms with Crippen LogP contribution >= 0.6 is 7.94 Å². The SMILES string of the molecule is CCCC=C(CCCCCCCCC)CCCO[PH](OCCCCCCCCCCCCC)(Oc1cc(C)ccc1C(C)(C)C)c1cc(C)ccc1C(C)(C)C. The summed E-state index contributed by atoms with van der Waals surface area (Å²) in [5.74, 6) is 0.909. The molecule has 4 heteroatoms. The molecule has 0 aromatic heterocycles. The average molecular weight is 795 g/mol. The van der Waals surface area contributed by atoms with Gasteiger partial charge in [0.2, 0.25) is 0 Å². The van der Waals surface area contributed by atoms with Crippen LogP contribution in [0.5, 0.6) is 5.75 Å². The van der Waals surface area contributed by atoms with Gasteiger partial charge in [0.15, 0.2) is 0 Å². The zero-order chi connectivity index (χ0) is 41.3. The van der Waals surface area contributed by atoms with Crippen LogP contribution in [0, 0.1) is 13.8 Å². The molecule has 0 saturated heterocycles. The van der Waals surface area contributed by atoms with E-state index in [1.54, 1.807) is 5.57 Å². The molecule has 0 aliphatic heterocycles. The van der Waals surface area contributed by atoms with Crippen LogP contribution in [-0.2, 0) is 19.9 Å². The number of benzene rings is 2. The van der Waals surface area contributed by atoms with Crippen molar-refractivity contribution in [3.63, 3.8) is 0 Å². The average Bonchev–Trinajstić information content (AvgIpc) is 3.14. The summed E-state index contributed by atoms with van der Waals surface area (Å²) in [6.45, 7) is 26.3. The maximum absolute atomic E-state index is 7.49. The molecule has 3 nitrogen and oxygen atoms in total. The first-order chi connectivity index (χ1) is 26.8. The van der Waals surface area contributed by atoms with Crippen molar-refractivity contribution in [3.8, 4) is 5.75 Å². The van der Waals surface area contributed by atoms with Gasteiger partial charge in [0.25, 0.3) is 0 Å². The number of rotatable bonds is 31. The van der Waals surface area contributed by atoms with Gasteiger partial charge < -0.3 is 0 Å². The number of hydrogen-bond donors (Lipinski definition) is 0. The summed E-state index contributed by atoms with van der Waals surface area (Å²) in [4.78, 5) is 0. The monoisotopic (exact) mass is 795 g/mol. The van der Waals surface area contributed by atoms with Crippen molar-refractivity contribution in [1.29, 1.82) is 0 Å². The molecule has 322 valence electrons. The van der Waals surface area contributed by atoms with E-state index in [4.69, 9.17) is 13.6 Å². The Hall–Kier alpha value is -1.67. The van der Waals surface area contributed by atoms with E-state index in [-0.39, 0.29) is 10.8 Å². The Morgan fingerprint density at radius 3 is 1.48 bits per heavy atom. The van der Waals surface area contributed by atoms with Gasteiger partial charge in [-0.3, -0.25) is 0 Å². The molecular formula is C52H91O3P. The van der Waals surface area contributed by atoms with E-state index in [1.165, 1.54) is 144 Å². The van der Waals surface area contributed by atoms with E-state index in [9.17, 15) is 0 Å². The second-order valence-electron chi connectivity index (χ2n) is 19.1. The second-order valence-corrected chi connectivity index (χ2v) is 21.5. The zero-order valence-corrected chi connectivity index (χ0v) is 39.9. The molecule has 0 fully saturated rings. The Bertz CT molecular complexity index is 1350. The van der Waals surface area contributed by atoms with Crippen LogP contribution in [0.25, 0.3) is 0 Å². The quantitative estimate of drug-likeness (QED) is 0.0432. The molecule has 0 aliphatic carbocycles. The molecule has 0 N–H and O–H groups in total. The first-order valence-corrected chi connectivity index (χ1v) is 25.4. The molecule has 2 aromatic rings. The van der Waals surface area contributed by atoms with Crippen LogP contribution in [0.15, 0.2) is 48.0 Å². The molecule has 2 rings (SSSR count). The summed E-state index contributed by atoms with van der Waals surface area (Å²) in [6, 6.07) is 13.6. The van der Waals surface area contributed by atoms with Crippen LogP contribution in [-0.4, -0.2) is 13.2 Å². The van der Waals surface area contributed by atoms with Gasteiger partial charge >= 0.3 is 324 Å².